The number of carbonyl (C=O) groups is 1. The second-order valence-corrected chi connectivity index (χ2v) is 5.40. The van der Waals surface area contributed by atoms with E-state index in [1.54, 1.807) is 0 Å². The van der Waals surface area contributed by atoms with E-state index in [1.807, 2.05) is 37.3 Å². The number of carbonyl (C=O) groups excluding carboxylic acids is 1. The van der Waals surface area contributed by atoms with Crippen LogP contribution >= 0.6 is 0 Å². The van der Waals surface area contributed by atoms with Crippen molar-refractivity contribution >= 4 is 6.09 Å². The number of ether oxygens (including phenoxy) is 4. The van der Waals surface area contributed by atoms with Gasteiger partial charge in [-0.15, -0.1) is 0 Å². The van der Waals surface area contributed by atoms with Crippen LogP contribution in [-0.2, 0) is 25.6 Å². The molecule has 1 saturated heterocycles. The molecular weight excluding hydrogens is 286 g/mol. The summed E-state index contributed by atoms with van der Waals surface area (Å²) < 4.78 is 21.7. The van der Waals surface area contributed by atoms with Gasteiger partial charge in [-0.1, -0.05) is 37.3 Å². The number of nitrogens with one attached hydrogen (secondary N) is 1. The maximum Gasteiger partial charge on any atom is 0.407 e. The van der Waals surface area contributed by atoms with E-state index >= 15 is 0 Å². The maximum atomic E-state index is 12.1. The van der Waals surface area contributed by atoms with Crippen molar-refractivity contribution < 1.29 is 23.7 Å². The quantitative estimate of drug-likeness (QED) is 0.842. The first-order valence-electron chi connectivity index (χ1n) is 7.26. The molecule has 2 rings (SSSR count). The van der Waals surface area contributed by atoms with Crippen LogP contribution in [0.1, 0.15) is 12.5 Å². The van der Waals surface area contributed by atoms with E-state index in [1.165, 1.54) is 14.2 Å². The number of methoxy groups -OCH3 is 2. The topological polar surface area (TPSA) is 66.0 Å². The smallest absolute Gasteiger partial charge is 0.407 e. The molecule has 1 N–H and O–H groups in total. The molecule has 1 fully saturated rings. The molecule has 6 nitrogen and oxygen atoms in total. The Balaban J connectivity index is 1.95. The van der Waals surface area contributed by atoms with Crippen LogP contribution in [0.15, 0.2) is 30.3 Å². The van der Waals surface area contributed by atoms with Crippen LogP contribution < -0.4 is 5.32 Å². The van der Waals surface area contributed by atoms with Gasteiger partial charge in [-0.2, -0.15) is 0 Å². The molecule has 1 heterocycles. The van der Waals surface area contributed by atoms with Gasteiger partial charge in [0, 0.05) is 20.1 Å². The molecule has 0 aromatic heterocycles. The number of alkyl carbamates (subject to hydrolysis) is 1. The number of benzene rings is 1. The first-order valence-corrected chi connectivity index (χ1v) is 7.26. The molecule has 0 bridgehead atoms. The summed E-state index contributed by atoms with van der Waals surface area (Å²) in [5.41, 5.74) is 0.933. The fraction of sp³-hybridized carbons (Fsp3) is 0.562. The van der Waals surface area contributed by atoms with Gasteiger partial charge in [-0.05, 0) is 5.56 Å². The van der Waals surface area contributed by atoms with Crippen LogP contribution in [0.2, 0.25) is 0 Å². The Morgan fingerprint density at radius 2 is 2.00 bits per heavy atom. The van der Waals surface area contributed by atoms with E-state index < -0.39 is 11.9 Å². The lowest BCUT2D eigenvalue weighted by molar-refractivity contribution is -0.279. The van der Waals surface area contributed by atoms with Crippen molar-refractivity contribution in [3.8, 4) is 0 Å². The van der Waals surface area contributed by atoms with E-state index in [0.717, 1.165) is 5.56 Å². The van der Waals surface area contributed by atoms with E-state index in [4.69, 9.17) is 18.9 Å². The summed E-state index contributed by atoms with van der Waals surface area (Å²) >= 11 is 0. The Hall–Kier alpha value is -1.63. The first kappa shape index (κ1) is 16.7. The van der Waals surface area contributed by atoms with Gasteiger partial charge in [0.05, 0.1) is 12.6 Å². The van der Waals surface area contributed by atoms with Gasteiger partial charge in [-0.3, -0.25) is 0 Å². The molecule has 1 aliphatic heterocycles. The van der Waals surface area contributed by atoms with E-state index in [-0.39, 0.29) is 25.2 Å². The van der Waals surface area contributed by atoms with Gasteiger partial charge in [0.1, 0.15) is 13.2 Å². The minimum Gasteiger partial charge on any atom is -0.445 e. The van der Waals surface area contributed by atoms with Crippen molar-refractivity contribution in [2.24, 2.45) is 5.92 Å². The summed E-state index contributed by atoms with van der Waals surface area (Å²) in [7, 11) is 3.07. The molecule has 122 valence electrons. The summed E-state index contributed by atoms with van der Waals surface area (Å²) in [6, 6.07) is 9.17. The molecule has 0 saturated carbocycles. The zero-order chi connectivity index (χ0) is 16.0. The number of amides is 1. The van der Waals surface area contributed by atoms with Crippen molar-refractivity contribution in [3.63, 3.8) is 0 Å². The fourth-order valence-corrected chi connectivity index (χ4v) is 2.61. The van der Waals surface area contributed by atoms with E-state index in [0.29, 0.717) is 6.61 Å². The van der Waals surface area contributed by atoms with Gasteiger partial charge in [-0.25, -0.2) is 4.79 Å². The highest BCUT2D eigenvalue weighted by atomic mass is 16.7. The molecule has 2 atom stereocenters. The van der Waals surface area contributed by atoms with Gasteiger partial charge in [0.2, 0.25) is 5.79 Å². The van der Waals surface area contributed by atoms with Crippen LogP contribution in [0.25, 0.3) is 0 Å². The summed E-state index contributed by atoms with van der Waals surface area (Å²) in [4.78, 5) is 12.1. The Kier molecular flexibility index (Phi) is 5.76. The fourth-order valence-electron chi connectivity index (χ4n) is 2.61. The van der Waals surface area contributed by atoms with Gasteiger partial charge >= 0.3 is 6.09 Å². The lowest BCUT2D eigenvalue weighted by atomic mass is 9.92. The van der Waals surface area contributed by atoms with Gasteiger partial charge in [0.15, 0.2) is 0 Å². The molecule has 22 heavy (non-hydrogen) atoms. The normalized spacial score (nSPS) is 23.8. The Morgan fingerprint density at radius 3 is 2.64 bits per heavy atom. The Morgan fingerprint density at radius 1 is 1.32 bits per heavy atom. The van der Waals surface area contributed by atoms with Crippen LogP contribution in [0.4, 0.5) is 4.79 Å². The zero-order valence-corrected chi connectivity index (χ0v) is 13.2. The lowest BCUT2D eigenvalue weighted by Gasteiger charge is -2.44. The molecule has 1 amide bonds. The number of hydrogen-bond donors (Lipinski definition) is 1. The molecule has 1 aromatic rings. The van der Waals surface area contributed by atoms with E-state index in [9.17, 15) is 4.79 Å². The minimum absolute atomic E-state index is 0.0397. The second-order valence-electron chi connectivity index (χ2n) is 5.40. The van der Waals surface area contributed by atoms with Crippen molar-refractivity contribution in [1.82, 2.24) is 5.32 Å². The van der Waals surface area contributed by atoms with Crippen molar-refractivity contribution in [2.75, 3.05) is 27.4 Å². The second kappa shape index (κ2) is 7.58. The molecule has 1 aliphatic rings. The van der Waals surface area contributed by atoms with Crippen LogP contribution in [0, 0.1) is 5.92 Å². The number of hydrogen-bond acceptors (Lipinski definition) is 5. The third kappa shape index (κ3) is 3.76. The predicted molar refractivity (Wildman–Crippen MR) is 80.3 cm³/mol. The summed E-state index contributed by atoms with van der Waals surface area (Å²) in [5, 5.41) is 2.84. The average molecular weight is 309 g/mol. The number of rotatable bonds is 5. The molecule has 0 unspecified atom stereocenters. The highest BCUT2D eigenvalue weighted by molar-refractivity contribution is 5.67. The van der Waals surface area contributed by atoms with Crippen LogP contribution in [0.5, 0.6) is 0 Å². The molecule has 0 radical (unpaired) electrons. The Labute approximate surface area is 130 Å². The average Bonchev–Trinajstić information content (AvgIpc) is 2.56. The van der Waals surface area contributed by atoms with Crippen LogP contribution in [0.3, 0.4) is 0 Å². The molecular formula is C16H23NO5. The van der Waals surface area contributed by atoms with Crippen LogP contribution in [-0.4, -0.2) is 45.4 Å². The third-order valence-corrected chi connectivity index (χ3v) is 3.90. The largest absolute Gasteiger partial charge is 0.445 e. The first-order chi connectivity index (χ1) is 10.6. The standard InChI is InChI=1S/C16H23NO5/c1-12-9-21-11-16(19-2,20-3)14(12)17-15(18)22-10-13-7-5-4-6-8-13/h4-8,12,14H,9-11H2,1-3H3,(H,17,18)/t12-,14-/m0/s1. The predicted octanol–water partition coefficient (Wildman–Crippen LogP) is 1.94. The molecule has 6 heteroatoms. The van der Waals surface area contributed by atoms with Gasteiger partial charge in [0.25, 0.3) is 0 Å². The van der Waals surface area contributed by atoms with Crippen molar-refractivity contribution in [2.45, 2.75) is 25.4 Å². The minimum atomic E-state index is -0.997. The monoisotopic (exact) mass is 309 g/mol. The lowest BCUT2D eigenvalue weighted by Crippen LogP contribution is -2.63. The maximum absolute atomic E-state index is 12.1. The summed E-state index contributed by atoms with van der Waals surface area (Å²) in [5.74, 6) is -0.957. The highest BCUT2D eigenvalue weighted by Crippen LogP contribution is 2.28. The summed E-state index contributed by atoms with van der Waals surface area (Å²) in [6.45, 7) is 2.97. The highest BCUT2D eigenvalue weighted by Gasteiger charge is 2.47. The Bertz CT molecular complexity index is 475. The SMILES string of the molecule is COC1(OC)COC[C@H](C)[C@@H]1NC(=O)OCc1ccccc1. The van der Waals surface area contributed by atoms with E-state index in [2.05, 4.69) is 5.32 Å². The molecule has 1 aromatic carbocycles. The molecule has 0 spiro atoms. The van der Waals surface area contributed by atoms with Gasteiger partial charge < -0.3 is 24.3 Å². The summed E-state index contributed by atoms with van der Waals surface area (Å²) in [6.07, 6.45) is -0.499. The van der Waals surface area contributed by atoms with Crippen molar-refractivity contribution in [1.29, 1.82) is 0 Å². The molecule has 0 aliphatic carbocycles. The third-order valence-electron chi connectivity index (χ3n) is 3.90. The zero-order valence-electron chi connectivity index (χ0n) is 13.2. The van der Waals surface area contributed by atoms with Crippen molar-refractivity contribution in [3.05, 3.63) is 35.9 Å².